The molecule has 0 bridgehead atoms. The van der Waals surface area contributed by atoms with Gasteiger partial charge in [0.05, 0.1) is 0 Å². The van der Waals surface area contributed by atoms with Crippen molar-refractivity contribution in [2.24, 2.45) is 5.41 Å². The van der Waals surface area contributed by atoms with Crippen LogP contribution in [0.1, 0.15) is 26.2 Å². The monoisotopic (exact) mass is 329 g/mol. The zero-order valence-electron chi connectivity index (χ0n) is 13.9. The normalized spacial score (nSPS) is 17.0. The van der Waals surface area contributed by atoms with Gasteiger partial charge in [0.25, 0.3) is 0 Å². The number of tetrazole rings is 1. The highest BCUT2D eigenvalue weighted by molar-refractivity contribution is 5.75. The summed E-state index contributed by atoms with van der Waals surface area (Å²) in [4.78, 5) is 15.6. The Labute approximate surface area is 141 Å². The van der Waals surface area contributed by atoms with Crippen LogP contribution in [0.4, 0.5) is 0 Å². The molecule has 1 fully saturated rings. The van der Waals surface area contributed by atoms with Crippen LogP contribution in [0.25, 0.3) is 11.4 Å². The second-order valence-corrected chi connectivity index (χ2v) is 6.40. The molecular weight excluding hydrogens is 306 g/mol. The first-order valence-corrected chi connectivity index (χ1v) is 8.38. The number of carbonyl (C=O) groups excluding carboxylic acids is 1. The minimum Gasteiger partial charge on any atom is -0.396 e. The van der Waals surface area contributed by atoms with E-state index in [1.54, 1.807) is 0 Å². The van der Waals surface area contributed by atoms with Gasteiger partial charge in [-0.15, -0.1) is 10.2 Å². The first kappa shape index (κ1) is 16.6. The highest BCUT2D eigenvalue weighted by Crippen LogP contribution is 2.34. The van der Waals surface area contributed by atoms with Gasteiger partial charge in [0, 0.05) is 25.3 Å². The summed E-state index contributed by atoms with van der Waals surface area (Å²) < 4.78 is 0. The van der Waals surface area contributed by atoms with Crippen LogP contribution in [-0.2, 0) is 11.3 Å². The topological polar surface area (TPSA) is 84.1 Å². The molecule has 2 heterocycles. The third-order valence-corrected chi connectivity index (χ3v) is 5.02. The number of benzene rings is 1. The maximum Gasteiger partial charge on any atom is 0.246 e. The molecule has 3 rings (SSSR count). The number of hydrogen-bond donors (Lipinski definition) is 1. The van der Waals surface area contributed by atoms with E-state index in [9.17, 15) is 9.90 Å². The number of hydrogen-bond acceptors (Lipinski definition) is 5. The van der Waals surface area contributed by atoms with Crippen molar-refractivity contribution in [1.82, 2.24) is 25.1 Å². The van der Waals surface area contributed by atoms with E-state index >= 15 is 0 Å². The molecule has 0 saturated carbocycles. The van der Waals surface area contributed by atoms with Gasteiger partial charge in [-0.2, -0.15) is 4.80 Å². The standard InChI is InChI=1S/C17H23N5O2/c1-2-17(13-23)8-10-21(11-9-17)15(24)12-22-19-16(18-20-22)14-6-4-3-5-7-14/h3-7,23H,2,8-13H2,1H3. The number of amides is 1. The lowest BCUT2D eigenvalue weighted by Crippen LogP contribution is -2.45. The molecule has 0 spiro atoms. The Morgan fingerprint density at radius 2 is 1.96 bits per heavy atom. The second-order valence-electron chi connectivity index (χ2n) is 6.40. The lowest BCUT2D eigenvalue weighted by atomic mass is 9.77. The molecule has 2 aromatic rings. The Morgan fingerprint density at radius 1 is 1.25 bits per heavy atom. The van der Waals surface area contributed by atoms with Crippen molar-refractivity contribution in [3.8, 4) is 11.4 Å². The van der Waals surface area contributed by atoms with E-state index in [-0.39, 0.29) is 24.5 Å². The van der Waals surface area contributed by atoms with Crippen molar-refractivity contribution < 1.29 is 9.90 Å². The quantitative estimate of drug-likeness (QED) is 0.895. The third kappa shape index (κ3) is 3.46. The van der Waals surface area contributed by atoms with Gasteiger partial charge in [0.1, 0.15) is 6.54 Å². The number of rotatable bonds is 5. The lowest BCUT2D eigenvalue weighted by molar-refractivity contribution is -0.135. The molecule has 0 atom stereocenters. The molecule has 0 aliphatic carbocycles. The average molecular weight is 329 g/mol. The zero-order valence-corrected chi connectivity index (χ0v) is 13.9. The molecule has 1 aromatic heterocycles. The molecular formula is C17H23N5O2. The Balaban J connectivity index is 1.59. The van der Waals surface area contributed by atoms with Gasteiger partial charge in [-0.3, -0.25) is 4.79 Å². The molecule has 128 valence electrons. The van der Waals surface area contributed by atoms with Gasteiger partial charge in [-0.25, -0.2) is 0 Å². The van der Waals surface area contributed by atoms with Crippen LogP contribution in [0, 0.1) is 5.41 Å². The molecule has 1 N–H and O–H groups in total. The molecule has 0 radical (unpaired) electrons. The van der Waals surface area contributed by atoms with E-state index in [1.165, 1.54) is 4.80 Å². The van der Waals surface area contributed by atoms with Gasteiger partial charge in [0.2, 0.25) is 11.7 Å². The average Bonchev–Trinajstić information content (AvgIpc) is 3.11. The van der Waals surface area contributed by atoms with Crippen molar-refractivity contribution in [3.63, 3.8) is 0 Å². The lowest BCUT2D eigenvalue weighted by Gasteiger charge is -2.40. The summed E-state index contributed by atoms with van der Waals surface area (Å²) in [6.45, 7) is 3.73. The number of aliphatic hydroxyl groups is 1. The van der Waals surface area contributed by atoms with Crippen LogP contribution in [0.5, 0.6) is 0 Å². The summed E-state index contributed by atoms with van der Waals surface area (Å²) in [7, 11) is 0. The summed E-state index contributed by atoms with van der Waals surface area (Å²) in [6.07, 6.45) is 2.62. The summed E-state index contributed by atoms with van der Waals surface area (Å²) in [6, 6.07) is 9.57. The van der Waals surface area contributed by atoms with Crippen LogP contribution in [0.2, 0.25) is 0 Å². The van der Waals surface area contributed by atoms with E-state index < -0.39 is 0 Å². The Hall–Kier alpha value is -2.28. The number of likely N-dealkylation sites (tertiary alicyclic amines) is 1. The SMILES string of the molecule is CCC1(CO)CCN(C(=O)Cn2nnc(-c3ccccc3)n2)CC1. The number of aliphatic hydroxyl groups excluding tert-OH is 1. The van der Waals surface area contributed by atoms with Crippen LogP contribution in [0.15, 0.2) is 30.3 Å². The predicted octanol–water partition coefficient (Wildman–Crippen LogP) is 1.35. The fourth-order valence-corrected chi connectivity index (χ4v) is 3.09. The molecule has 7 heteroatoms. The number of aromatic nitrogens is 4. The van der Waals surface area contributed by atoms with Gasteiger partial charge in [-0.1, -0.05) is 37.3 Å². The zero-order chi connectivity index (χ0) is 17.0. The van der Waals surface area contributed by atoms with Crippen LogP contribution >= 0.6 is 0 Å². The summed E-state index contributed by atoms with van der Waals surface area (Å²) in [5.74, 6) is 0.516. The Bertz CT molecular complexity index is 671. The molecule has 1 saturated heterocycles. The summed E-state index contributed by atoms with van der Waals surface area (Å²) >= 11 is 0. The van der Waals surface area contributed by atoms with Crippen LogP contribution in [-0.4, -0.2) is 55.8 Å². The molecule has 7 nitrogen and oxygen atoms in total. The Kier molecular flexibility index (Phi) is 4.89. The van der Waals surface area contributed by atoms with Crippen molar-refractivity contribution in [3.05, 3.63) is 30.3 Å². The Morgan fingerprint density at radius 3 is 2.58 bits per heavy atom. The molecule has 1 aliphatic heterocycles. The smallest absolute Gasteiger partial charge is 0.246 e. The van der Waals surface area contributed by atoms with Gasteiger partial charge >= 0.3 is 0 Å². The molecule has 24 heavy (non-hydrogen) atoms. The first-order chi connectivity index (χ1) is 11.7. The van der Waals surface area contributed by atoms with Crippen molar-refractivity contribution in [2.45, 2.75) is 32.7 Å². The van der Waals surface area contributed by atoms with E-state index in [0.717, 1.165) is 24.8 Å². The van der Waals surface area contributed by atoms with Crippen LogP contribution in [0.3, 0.4) is 0 Å². The van der Waals surface area contributed by atoms with E-state index in [1.807, 2.05) is 35.2 Å². The minimum atomic E-state index is -0.0250. The number of piperidine rings is 1. The van der Waals surface area contributed by atoms with E-state index in [2.05, 4.69) is 22.3 Å². The van der Waals surface area contributed by atoms with Gasteiger partial charge < -0.3 is 10.0 Å². The largest absolute Gasteiger partial charge is 0.396 e. The van der Waals surface area contributed by atoms with Crippen molar-refractivity contribution in [2.75, 3.05) is 19.7 Å². The predicted molar refractivity (Wildman–Crippen MR) is 88.9 cm³/mol. The molecule has 1 amide bonds. The first-order valence-electron chi connectivity index (χ1n) is 8.38. The summed E-state index contributed by atoms with van der Waals surface area (Å²) in [5, 5.41) is 21.8. The van der Waals surface area contributed by atoms with Crippen molar-refractivity contribution in [1.29, 1.82) is 0 Å². The molecule has 1 aromatic carbocycles. The van der Waals surface area contributed by atoms with Crippen molar-refractivity contribution >= 4 is 5.91 Å². The fourth-order valence-electron chi connectivity index (χ4n) is 3.09. The fraction of sp³-hybridized carbons (Fsp3) is 0.529. The van der Waals surface area contributed by atoms with E-state index in [4.69, 9.17) is 0 Å². The van der Waals surface area contributed by atoms with Gasteiger partial charge in [-0.05, 0) is 29.9 Å². The highest BCUT2D eigenvalue weighted by atomic mass is 16.3. The van der Waals surface area contributed by atoms with Crippen LogP contribution < -0.4 is 0 Å². The number of nitrogens with zero attached hydrogens (tertiary/aromatic N) is 5. The molecule has 0 unspecified atom stereocenters. The minimum absolute atomic E-state index is 0.00495. The maximum absolute atomic E-state index is 12.4. The second kappa shape index (κ2) is 7.09. The molecule has 1 aliphatic rings. The summed E-state index contributed by atoms with van der Waals surface area (Å²) in [5.41, 5.74) is 0.854. The van der Waals surface area contributed by atoms with E-state index in [0.29, 0.717) is 18.9 Å². The number of carbonyl (C=O) groups is 1. The van der Waals surface area contributed by atoms with Gasteiger partial charge in [0.15, 0.2) is 0 Å². The third-order valence-electron chi connectivity index (χ3n) is 5.02. The highest BCUT2D eigenvalue weighted by Gasteiger charge is 2.33. The maximum atomic E-state index is 12.4.